The number of allylic oxidation sites excluding steroid dienone is 1. The first-order chi connectivity index (χ1) is 15.0. The number of carboxylic acid groups (broad SMARTS) is 1. The van der Waals surface area contributed by atoms with Crippen LogP contribution in [0.4, 0.5) is 5.13 Å². The van der Waals surface area contributed by atoms with Crippen molar-refractivity contribution in [3.8, 4) is 0 Å². The van der Waals surface area contributed by atoms with Gasteiger partial charge in [-0.3, -0.25) is 14.5 Å². The molecular formula is C17H22N8O5S2. The number of thioether (sulfide) groups is 1. The van der Waals surface area contributed by atoms with Crippen molar-refractivity contribution in [2.45, 2.75) is 11.4 Å². The minimum atomic E-state index is -1.47. The van der Waals surface area contributed by atoms with Crippen molar-refractivity contribution < 1.29 is 28.9 Å². The lowest BCUT2D eigenvalue weighted by molar-refractivity contribution is -0.896. The van der Waals surface area contributed by atoms with E-state index in [4.69, 9.17) is 11.6 Å². The summed E-state index contributed by atoms with van der Waals surface area (Å²) in [6.07, 6.45) is 3.37. The van der Waals surface area contributed by atoms with E-state index in [1.165, 1.54) is 18.9 Å². The van der Waals surface area contributed by atoms with Crippen LogP contribution >= 0.6 is 23.3 Å². The van der Waals surface area contributed by atoms with Gasteiger partial charge in [-0.2, -0.15) is 15.2 Å². The molecule has 1 aromatic rings. The molecule has 1 saturated heterocycles. The molecule has 5 N–H and O–H groups in total. The Morgan fingerprint density at radius 1 is 1.47 bits per heavy atom. The highest BCUT2D eigenvalue weighted by Gasteiger charge is 2.53. The number of aliphatic carboxylic acids is 1. The Balaban J connectivity index is 1.78. The number of aromatic nitrogens is 2. The first kappa shape index (κ1) is 23.6. The van der Waals surface area contributed by atoms with Crippen molar-refractivity contribution in [2.24, 2.45) is 11.0 Å². The van der Waals surface area contributed by atoms with E-state index < -0.39 is 29.2 Å². The lowest BCUT2D eigenvalue weighted by Crippen LogP contribution is -2.71. The number of fused-ring (bicyclic) bond motifs is 1. The molecule has 15 heteroatoms. The maximum atomic E-state index is 12.8. The number of carbonyl (C=O) groups is 3. The Morgan fingerprint density at radius 2 is 2.19 bits per heavy atom. The average Bonchev–Trinajstić information content (AvgIpc) is 3.14. The van der Waals surface area contributed by atoms with Crippen molar-refractivity contribution in [3.05, 3.63) is 29.2 Å². The third-order valence-corrected chi connectivity index (χ3v) is 6.27. The predicted octanol–water partition coefficient (Wildman–Crippen LogP) is -2.62. The minimum Gasteiger partial charge on any atom is -0.543 e. The topological polar surface area (TPSA) is 189 Å². The molecule has 3 rings (SSSR count). The summed E-state index contributed by atoms with van der Waals surface area (Å²) in [4.78, 5) is 46.9. The summed E-state index contributed by atoms with van der Waals surface area (Å²) in [5.74, 6) is 3.33. The summed E-state index contributed by atoms with van der Waals surface area (Å²) in [7, 11) is 4.81. The van der Waals surface area contributed by atoms with Crippen molar-refractivity contribution in [1.29, 1.82) is 0 Å². The van der Waals surface area contributed by atoms with Crippen molar-refractivity contribution >= 4 is 51.9 Å². The van der Waals surface area contributed by atoms with Crippen LogP contribution in [-0.2, 0) is 19.2 Å². The molecule has 2 amide bonds. The summed E-state index contributed by atoms with van der Waals surface area (Å²) in [5.41, 5.74) is 5.51. The molecule has 0 aliphatic carbocycles. The number of amides is 2. The van der Waals surface area contributed by atoms with Crippen molar-refractivity contribution in [1.82, 2.24) is 19.6 Å². The third kappa shape index (κ3) is 4.90. The monoisotopic (exact) mass is 482 g/mol. The molecule has 0 unspecified atom stereocenters. The standard InChI is InChI=1S/C17H22N8O5S2/c1-25(2,19)6-4-5-8-7-31-15-10(14(27)24(15)11(8)16(28)29)20-13(26)9(22-30-3)12-21-17(18)32-23-12/h4-5,10,15H,6-7,19H2,1-3H3,(H3-,18,20,21,23,26,28,29)/b5-4+,22-9-/t10-,15+/m1/s1. The zero-order valence-electron chi connectivity index (χ0n) is 17.5. The summed E-state index contributed by atoms with van der Waals surface area (Å²) in [6.45, 7) is 0.460. The quantitative estimate of drug-likeness (QED) is 0.116. The van der Waals surface area contributed by atoms with E-state index in [-0.39, 0.29) is 27.0 Å². The second kappa shape index (κ2) is 9.23. The lowest BCUT2D eigenvalue weighted by Gasteiger charge is -2.50. The van der Waals surface area contributed by atoms with Crippen LogP contribution in [0, 0.1) is 0 Å². The number of nitrogens with one attached hydrogen (secondary N) is 1. The Kier molecular flexibility index (Phi) is 6.82. The van der Waals surface area contributed by atoms with Crippen molar-refractivity contribution in [3.63, 3.8) is 0 Å². The van der Waals surface area contributed by atoms with Gasteiger partial charge in [0.05, 0.1) is 25.8 Å². The van der Waals surface area contributed by atoms with Crippen LogP contribution in [0.5, 0.6) is 0 Å². The maximum absolute atomic E-state index is 12.8. The van der Waals surface area contributed by atoms with Gasteiger partial charge in [0.25, 0.3) is 11.8 Å². The van der Waals surface area contributed by atoms with Gasteiger partial charge in [-0.05, 0) is 11.6 Å². The van der Waals surface area contributed by atoms with E-state index in [2.05, 4.69) is 24.7 Å². The molecule has 0 spiro atoms. The molecule has 2 atom stereocenters. The van der Waals surface area contributed by atoms with Gasteiger partial charge < -0.3 is 25.8 Å². The Morgan fingerprint density at radius 3 is 2.75 bits per heavy atom. The highest BCUT2D eigenvalue weighted by molar-refractivity contribution is 8.00. The van der Waals surface area contributed by atoms with E-state index in [0.29, 0.717) is 17.9 Å². The fourth-order valence-corrected chi connectivity index (χ4v) is 4.80. The van der Waals surface area contributed by atoms with Gasteiger partial charge in [-0.15, -0.1) is 11.8 Å². The second-order valence-electron chi connectivity index (χ2n) is 7.46. The molecule has 32 heavy (non-hydrogen) atoms. The first-order valence-corrected chi connectivity index (χ1v) is 11.0. The van der Waals surface area contributed by atoms with Crippen LogP contribution < -0.4 is 22.0 Å². The number of likely N-dealkylation sites (N-methyl/N-ethyl adjacent to an activating group) is 1. The number of anilines is 1. The molecule has 1 aromatic heterocycles. The minimum absolute atomic E-state index is 0.0456. The van der Waals surface area contributed by atoms with Crippen LogP contribution in [0.3, 0.4) is 0 Å². The number of hydrogen-bond donors (Lipinski definition) is 3. The molecule has 13 nitrogen and oxygen atoms in total. The molecule has 3 heterocycles. The number of nitrogen functional groups attached to an aromatic ring is 1. The number of nitrogens with two attached hydrogens (primary N) is 2. The number of carbonyl (C=O) groups excluding carboxylic acids is 3. The fraction of sp³-hybridized carbons (Fsp3) is 0.412. The third-order valence-electron chi connectivity index (χ3n) is 4.42. The Bertz CT molecular complexity index is 1030. The van der Waals surface area contributed by atoms with Crippen LogP contribution in [0.1, 0.15) is 5.82 Å². The first-order valence-electron chi connectivity index (χ1n) is 9.22. The van der Waals surface area contributed by atoms with Crippen LogP contribution in [-0.4, -0.2) is 87.3 Å². The van der Waals surface area contributed by atoms with Gasteiger partial charge in [0.2, 0.25) is 11.5 Å². The zero-order chi connectivity index (χ0) is 23.6. The molecule has 2 aliphatic rings. The van der Waals surface area contributed by atoms with Crippen LogP contribution in [0.2, 0.25) is 0 Å². The lowest BCUT2D eigenvalue weighted by atomic mass is 10.0. The Labute approximate surface area is 191 Å². The number of carboxylic acids is 1. The summed E-state index contributed by atoms with van der Waals surface area (Å²) in [5, 5.41) is 17.5. The van der Waals surface area contributed by atoms with E-state index in [9.17, 15) is 19.5 Å². The molecule has 1 fully saturated rings. The number of nitrogens with zero attached hydrogens (tertiary/aromatic N) is 5. The molecule has 0 bridgehead atoms. The highest BCUT2D eigenvalue weighted by Crippen LogP contribution is 2.40. The normalized spacial score (nSPS) is 21.4. The van der Waals surface area contributed by atoms with Crippen molar-refractivity contribution in [2.75, 3.05) is 39.2 Å². The smallest absolute Gasteiger partial charge is 0.278 e. The van der Waals surface area contributed by atoms with E-state index >= 15 is 0 Å². The number of hydrogen-bond acceptors (Lipinski definition) is 12. The van der Waals surface area contributed by atoms with Crippen LogP contribution in [0.15, 0.2) is 28.6 Å². The highest BCUT2D eigenvalue weighted by atomic mass is 32.2. The molecular weight excluding hydrogens is 460 g/mol. The van der Waals surface area contributed by atoms with Gasteiger partial charge in [0.1, 0.15) is 25.1 Å². The van der Waals surface area contributed by atoms with Gasteiger partial charge in [0.15, 0.2) is 5.13 Å². The van der Waals surface area contributed by atoms with Gasteiger partial charge in [-0.25, -0.2) is 4.59 Å². The number of rotatable bonds is 8. The van der Waals surface area contributed by atoms with Gasteiger partial charge >= 0.3 is 0 Å². The number of oxime groups is 1. The van der Waals surface area contributed by atoms with Gasteiger partial charge in [0, 0.05) is 17.3 Å². The van der Waals surface area contributed by atoms with Gasteiger partial charge in [-0.1, -0.05) is 11.2 Å². The SMILES string of the molecule is CO/N=C(\C(=O)N[C@@H]1C(=O)N2C(C(=O)[O-])=C(/C=C/C[N+](C)(C)N)CS[C@@H]12)c1nsc(N)n1. The molecule has 172 valence electrons. The maximum Gasteiger partial charge on any atom is 0.278 e. The molecule has 0 radical (unpaired) electrons. The summed E-state index contributed by atoms with van der Waals surface area (Å²) >= 11 is 2.18. The second-order valence-corrected chi connectivity index (χ2v) is 9.35. The number of β-lactam (4-membered cyclic amide) rings is 1. The zero-order valence-corrected chi connectivity index (χ0v) is 19.1. The molecule has 0 saturated carbocycles. The number of quaternary nitrogens is 1. The van der Waals surface area contributed by atoms with E-state index in [1.54, 1.807) is 26.2 Å². The molecule has 2 aliphatic heterocycles. The molecule has 0 aromatic carbocycles. The Hall–Kier alpha value is -3.01. The summed E-state index contributed by atoms with van der Waals surface area (Å²) < 4.78 is 4.09. The predicted molar refractivity (Wildman–Crippen MR) is 115 cm³/mol. The van der Waals surface area contributed by atoms with E-state index in [0.717, 1.165) is 16.4 Å². The fourth-order valence-electron chi connectivity index (χ4n) is 3.04. The van der Waals surface area contributed by atoms with E-state index in [1.807, 2.05) is 0 Å². The van der Waals surface area contributed by atoms with Crippen LogP contribution in [0.25, 0.3) is 0 Å². The summed E-state index contributed by atoms with van der Waals surface area (Å²) in [6, 6.07) is -0.968. The largest absolute Gasteiger partial charge is 0.543 e. The average molecular weight is 483 g/mol.